The topological polar surface area (TPSA) is 61.7 Å². The van der Waals surface area contributed by atoms with Gasteiger partial charge in [0.25, 0.3) is 0 Å². The third-order valence-electron chi connectivity index (χ3n) is 2.98. The molecule has 1 unspecified atom stereocenters. The Morgan fingerprint density at radius 3 is 2.52 bits per heavy atom. The Balaban J connectivity index is 2.43. The minimum absolute atomic E-state index is 0.269. The number of amidine groups is 1. The van der Waals surface area contributed by atoms with Gasteiger partial charge in [0.05, 0.1) is 5.57 Å². The number of aliphatic carboxylic acids is 1. The first-order valence-electron chi connectivity index (χ1n) is 6.59. The molecule has 0 saturated heterocycles. The number of carbonyl (C=O) groups is 1. The predicted octanol–water partition coefficient (Wildman–Crippen LogP) is 3.84. The minimum atomic E-state index is -0.961. The molecule has 1 heterocycles. The SMILES string of the molecule is CC1=C(C(=O)O)C(c2ccc(Cl)cc2)N=C(SC(C)C)N1. The summed E-state index contributed by atoms with van der Waals surface area (Å²) in [6.07, 6.45) is 0. The molecule has 4 nitrogen and oxygen atoms in total. The number of hydrogen-bond acceptors (Lipinski definition) is 4. The van der Waals surface area contributed by atoms with Crippen molar-refractivity contribution in [1.82, 2.24) is 5.32 Å². The lowest BCUT2D eigenvalue weighted by Gasteiger charge is -2.25. The highest BCUT2D eigenvalue weighted by atomic mass is 35.5. The molecule has 0 amide bonds. The van der Waals surface area contributed by atoms with Gasteiger partial charge in [-0.15, -0.1) is 0 Å². The van der Waals surface area contributed by atoms with Gasteiger partial charge in [-0.3, -0.25) is 0 Å². The maximum atomic E-state index is 11.5. The standard InChI is InChI=1S/C15H17ClN2O2S/c1-8(2)21-15-17-9(3)12(14(19)20)13(18-15)10-4-6-11(16)7-5-10/h4-8,13H,1-3H3,(H,17,18)(H,19,20). The van der Waals surface area contributed by atoms with Crippen LogP contribution in [0.15, 0.2) is 40.5 Å². The fourth-order valence-corrected chi connectivity index (χ4v) is 3.04. The highest BCUT2D eigenvalue weighted by Gasteiger charge is 2.29. The molecule has 6 heteroatoms. The molecule has 1 atom stereocenters. The van der Waals surface area contributed by atoms with Gasteiger partial charge in [-0.25, -0.2) is 9.79 Å². The quantitative estimate of drug-likeness (QED) is 0.886. The number of nitrogens with one attached hydrogen (secondary N) is 1. The Bertz CT molecular complexity index is 609. The summed E-state index contributed by atoms with van der Waals surface area (Å²) >= 11 is 7.48. The summed E-state index contributed by atoms with van der Waals surface area (Å²) in [6, 6.07) is 6.62. The van der Waals surface area contributed by atoms with Crippen LogP contribution in [-0.4, -0.2) is 21.5 Å². The van der Waals surface area contributed by atoms with Crippen molar-refractivity contribution in [2.75, 3.05) is 0 Å². The normalized spacial score (nSPS) is 18.5. The second-order valence-electron chi connectivity index (χ2n) is 5.02. The van der Waals surface area contributed by atoms with E-state index < -0.39 is 12.0 Å². The number of aliphatic imine (C=N–C) groups is 1. The number of thioether (sulfide) groups is 1. The average molecular weight is 325 g/mol. The van der Waals surface area contributed by atoms with Crippen LogP contribution in [0.4, 0.5) is 0 Å². The highest BCUT2D eigenvalue weighted by Crippen LogP contribution is 2.33. The van der Waals surface area contributed by atoms with Gasteiger partial charge in [0.15, 0.2) is 5.17 Å². The lowest BCUT2D eigenvalue weighted by molar-refractivity contribution is -0.133. The molecule has 0 spiro atoms. The molecule has 0 radical (unpaired) electrons. The van der Waals surface area contributed by atoms with E-state index in [1.165, 1.54) is 0 Å². The first kappa shape index (κ1) is 15.9. The van der Waals surface area contributed by atoms with Gasteiger partial charge in [-0.05, 0) is 24.6 Å². The summed E-state index contributed by atoms with van der Waals surface area (Å²) in [7, 11) is 0. The minimum Gasteiger partial charge on any atom is -0.478 e. The van der Waals surface area contributed by atoms with Crippen LogP contribution < -0.4 is 5.32 Å². The Kier molecular flexibility index (Phi) is 4.96. The number of carboxylic acid groups (broad SMARTS) is 1. The number of carboxylic acids is 1. The van der Waals surface area contributed by atoms with Gasteiger partial charge in [0.1, 0.15) is 6.04 Å². The zero-order valence-electron chi connectivity index (χ0n) is 12.1. The lowest BCUT2D eigenvalue weighted by Crippen LogP contribution is -2.30. The number of hydrogen-bond donors (Lipinski definition) is 2. The predicted molar refractivity (Wildman–Crippen MR) is 87.8 cm³/mol. The van der Waals surface area contributed by atoms with Crippen molar-refractivity contribution in [2.24, 2.45) is 4.99 Å². The van der Waals surface area contributed by atoms with E-state index in [9.17, 15) is 9.90 Å². The maximum absolute atomic E-state index is 11.5. The number of nitrogens with zero attached hydrogens (tertiary/aromatic N) is 1. The second kappa shape index (κ2) is 6.54. The average Bonchev–Trinajstić information content (AvgIpc) is 2.37. The first-order chi connectivity index (χ1) is 9.88. The summed E-state index contributed by atoms with van der Waals surface area (Å²) in [5, 5.41) is 14.3. The molecule has 2 rings (SSSR count). The Morgan fingerprint density at radius 2 is 2.00 bits per heavy atom. The van der Waals surface area contributed by atoms with Gasteiger partial charge in [-0.2, -0.15) is 0 Å². The molecule has 1 aromatic rings. The van der Waals surface area contributed by atoms with E-state index in [4.69, 9.17) is 11.6 Å². The van der Waals surface area contributed by atoms with Crippen molar-refractivity contribution in [2.45, 2.75) is 32.1 Å². The molecule has 2 N–H and O–H groups in total. The summed E-state index contributed by atoms with van der Waals surface area (Å²) in [5.41, 5.74) is 1.71. The van der Waals surface area contributed by atoms with E-state index in [-0.39, 0.29) is 5.57 Å². The molecular formula is C15H17ClN2O2S. The molecule has 0 bridgehead atoms. The summed E-state index contributed by atoms with van der Waals surface area (Å²) in [5.74, 6) is -0.961. The van der Waals surface area contributed by atoms with E-state index in [2.05, 4.69) is 24.2 Å². The smallest absolute Gasteiger partial charge is 0.335 e. The lowest BCUT2D eigenvalue weighted by atomic mass is 9.97. The second-order valence-corrected chi connectivity index (χ2v) is 7.03. The van der Waals surface area contributed by atoms with Crippen LogP contribution >= 0.6 is 23.4 Å². The molecule has 1 aliphatic heterocycles. The number of rotatable bonds is 3. The van der Waals surface area contributed by atoms with Crippen molar-refractivity contribution in [3.05, 3.63) is 46.1 Å². The van der Waals surface area contributed by atoms with Gasteiger partial charge < -0.3 is 10.4 Å². The van der Waals surface area contributed by atoms with Crippen LogP contribution in [0.2, 0.25) is 5.02 Å². The Labute approximate surface area is 133 Å². The molecule has 0 fully saturated rings. The van der Waals surface area contributed by atoms with Crippen molar-refractivity contribution in [3.8, 4) is 0 Å². The zero-order valence-corrected chi connectivity index (χ0v) is 13.6. The Hall–Kier alpha value is -1.46. The van der Waals surface area contributed by atoms with Crippen LogP contribution in [-0.2, 0) is 4.79 Å². The molecule has 112 valence electrons. The third kappa shape index (κ3) is 3.80. The van der Waals surface area contributed by atoms with E-state index in [0.29, 0.717) is 16.0 Å². The summed E-state index contributed by atoms with van der Waals surface area (Å²) in [6.45, 7) is 5.90. The van der Waals surface area contributed by atoms with Crippen LogP contribution in [0.1, 0.15) is 32.4 Å². The molecule has 0 aliphatic carbocycles. The highest BCUT2D eigenvalue weighted by molar-refractivity contribution is 8.14. The van der Waals surface area contributed by atoms with Crippen molar-refractivity contribution >= 4 is 34.5 Å². The van der Waals surface area contributed by atoms with E-state index in [0.717, 1.165) is 10.7 Å². The van der Waals surface area contributed by atoms with Crippen LogP contribution in [0, 0.1) is 0 Å². The van der Waals surface area contributed by atoms with Gasteiger partial charge >= 0.3 is 5.97 Å². The van der Waals surface area contributed by atoms with Gasteiger partial charge in [0.2, 0.25) is 0 Å². The monoisotopic (exact) mass is 324 g/mol. The van der Waals surface area contributed by atoms with Crippen LogP contribution in [0.3, 0.4) is 0 Å². The maximum Gasteiger partial charge on any atom is 0.335 e. The van der Waals surface area contributed by atoms with Gasteiger partial charge in [-0.1, -0.05) is 49.3 Å². The largest absolute Gasteiger partial charge is 0.478 e. The van der Waals surface area contributed by atoms with Crippen LogP contribution in [0.5, 0.6) is 0 Å². The fraction of sp³-hybridized carbons (Fsp3) is 0.333. The number of halogens is 1. The van der Waals surface area contributed by atoms with E-state index in [1.807, 2.05) is 12.1 Å². The molecule has 0 saturated carbocycles. The molecule has 0 aromatic heterocycles. The van der Waals surface area contributed by atoms with Gasteiger partial charge in [0, 0.05) is 16.0 Å². The third-order valence-corrected chi connectivity index (χ3v) is 4.14. The first-order valence-corrected chi connectivity index (χ1v) is 7.85. The summed E-state index contributed by atoms with van der Waals surface area (Å²) < 4.78 is 0. The van der Waals surface area contributed by atoms with Crippen molar-refractivity contribution < 1.29 is 9.90 Å². The van der Waals surface area contributed by atoms with Crippen molar-refractivity contribution in [3.63, 3.8) is 0 Å². The molecule has 21 heavy (non-hydrogen) atoms. The van der Waals surface area contributed by atoms with E-state index in [1.54, 1.807) is 30.8 Å². The van der Waals surface area contributed by atoms with Crippen molar-refractivity contribution in [1.29, 1.82) is 0 Å². The zero-order chi connectivity index (χ0) is 15.6. The number of allylic oxidation sites excluding steroid dienone is 1. The fourth-order valence-electron chi connectivity index (χ4n) is 2.09. The molecule has 1 aromatic carbocycles. The summed E-state index contributed by atoms with van der Waals surface area (Å²) in [4.78, 5) is 16.1. The number of benzene rings is 1. The Morgan fingerprint density at radius 1 is 1.38 bits per heavy atom. The molecule has 1 aliphatic rings. The molecular weight excluding hydrogens is 308 g/mol. The van der Waals surface area contributed by atoms with Crippen LogP contribution in [0.25, 0.3) is 0 Å². The van der Waals surface area contributed by atoms with E-state index >= 15 is 0 Å².